The van der Waals surface area contributed by atoms with E-state index in [-0.39, 0.29) is 12.0 Å². The number of likely N-dealkylation sites (N-methyl/N-ethyl adjacent to an activating group) is 1. The van der Waals surface area contributed by atoms with E-state index in [1.165, 1.54) is 0 Å². The van der Waals surface area contributed by atoms with Crippen molar-refractivity contribution >= 4 is 23.4 Å². The van der Waals surface area contributed by atoms with Crippen LogP contribution in [-0.4, -0.2) is 80.3 Å². The molecule has 0 saturated carbocycles. The molecule has 0 radical (unpaired) electrons. The Labute approximate surface area is 251 Å². The Morgan fingerprint density at radius 3 is 2.26 bits per heavy atom. The molecule has 42 heavy (non-hydrogen) atoms. The molecule has 2 saturated heterocycles. The number of hydrogen-bond acceptors (Lipinski definition) is 6. The van der Waals surface area contributed by atoms with Gasteiger partial charge in [0.25, 0.3) is 0 Å². The van der Waals surface area contributed by atoms with Crippen LogP contribution < -0.4 is 9.80 Å². The van der Waals surface area contributed by atoms with Crippen LogP contribution >= 0.6 is 0 Å². The first-order chi connectivity index (χ1) is 20.0. The number of nitrogens with zero attached hydrogens (tertiary/aromatic N) is 5. The largest absolute Gasteiger partial charge is 0.443 e. The van der Waals surface area contributed by atoms with E-state index in [4.69, 9.17) is 4.74 Å². The van der Waals surface area contributed by atoms with Gasteiger partial charge in [0.15, 0.2) is 0 Å². The van der Waals surface area contributed by atoms with Crippen LogP contribution in [0.4, 0.5) is 16.2 Å². The number of nitriles is 1. The number of piperidine rings is 1. The summed E-state index contributed by atoms with van der Waals surface area (Å²) in [5.41, 5.74) is 2.89. The SMILES string of the molecule is Cc1ccc(N2CCN(C)CC2)c(N(CCCCC(=O)N2CCC(C#N)(c3ccccc3)CC2)C(=O)OC(C)(C)C)c1. The Hall–Kier alpha value is -3.57. The van der Waals surface area contributed by atoms with Crippen molar-refractivity contribution in [2.24, 2.45) is 0 Å². The van der Waals surface area contributed by atoms with Crippen LogP contribution in [0.1, 0.15) is 64.0 Å². The number of aryl methyl sites for hydroxylation is 1. The minimum absolute atomic E-state index is 0.118. The lowest BCUT2D eigenvalue weighted by Crippen LogP contribution is -2.45. The molecule has 0 unspecified atom stereocenters. The van der Waals surface area contributed by atoms with E-state index in [9.17, 15) is 14.9 Å². The highest BCUT2D eigenvalue weighted by molar-refractivity contribution is 5.93. The first-order valence-electron chi connectivity index (χ1n) is 15.3. The van der Waals surface area contributed by atoms with E-state index in [1.807, 2.05) is 62.9 Å². The van der Waals surface area contributed by atoms with Gasteiger partial charge in [0, 0.05) is 52.2 Å². The van der Waals surface area contributed by atoms with Crippen LogP contribution in [0.25, 0.3) is 0 Å². The molecule has 0 N–H and O–H groups in total. The molecule has 2 fully saturated rings. The van der Waals surface area contributed by atoms with Crippen molar-refractivity contribution in [3.05, 3.63) is 59.7 Å². The van der Waals surface area contributed by atoms with Crippen LogP contribution in [0, 0.1) is 18.3 Å². The van der Waals surface area contributed by atoms with Crippen molar-refractivity contribution < 1.29 is 14.3 Å². The normalized spacial score (nSPS) is 17.4. The Morgan fingerprint density at radius 2 is 1.64 bits per heavy atom. The topological polar surface area (TPSA) is 80.1 Å². The van der Waals surface area contributed by atoms with E-state index in [0.717, 1.165) is 48.7 Å². The first-order valence-corrected chi connectivity index (χ1v) is 15.3. The summed E-state index contributed by atoms with van der Waals surface area (Å²) in [7, 11) is 2.13. The van der Waals surface area contributed by atoms with Gasteiger partial charge in [0.2, 0.25) is 5.91 Å². The van der Waals surface area contributed by atoms with Crippen molar-refractivity contribution in [3.8, 4) is 6.07 Å². The molecule has 0 aromatic heterocycles. The highest BCUT2D eigenvalue weighted by Gasteiger charge is 2.37. The predicted molar refractivity (Wildman–Crippen MR) is 168 cm³/mol. The van der Waals surface area contributed by atoms with Crippen molar-refractivity contribution in [2.45, 2.75) is 70.8 Å². The van der Waals surface area contributed by atoms with E-state index in [0.29, 0.717) is 51.7 Å². The number of unbranched alkanes of at least 4 members (excludes halogenated alkanes) is 1. The van der Waals surface area contributed by atoms with Gasteiger partial charge in [-0.3, -0.25) is 9.69 Å². The van der Waals surface area contributed by atoms with Crippen LogP contribution in [0.15, 0.2) is 48.5 Å². The minimum atomic E-state index is -0.615. The van der Waals surface area contributed by atoms with Crippen molar-refractivity contribution in [2.75, 3.05) is 62.7 Å². The highest BCUT2D eigenvalue weighted by atomic mass is 16.6. The highest BCUT2D eigenvalue weighted by Crippen LogP contribution is 2.36. The average Bonchev–Trinajstić information content (AvgIpc) is 2.97. The van der Waals surface area contributed by atoms with Crippen molar-refractivity contribution in [1.29, 1.82) is 5.26 Å². The van der Waals surface area contributed by atoms with E-state index >= 15 is 0 Å². The number of piperazine rings is 1. The van der Waals surface area contributed by atoms with Crippen LogP contribution in [0.2, 0.25) is 0 Å². The molecule has 2 aromatic rings. The number of benzene rings is 2. The molecule has 0 spiro atoms. The summed E-state index contributed by atoms with van der Waals surface area (Å²) in [5.74, 6) is 0.118. The molecule has 2 aliphatic rings. The molecule has 0 atom stereocenters. The number of rotatable bonds is 8. The number of carbonyl (C=O) groups excluding carboxylic acids is 2. The quantitative estimate of drug-likeness (QED) is 0.375. The number of anilines is 2. The maximum atomic E-state index is 13.5. The van der Waals surface area contributed by atoms with E-state index in [2.05, 4.69) is 41.1 Å². The average molecular weight is 574 g/mol. The van der Waals surface area contributed by atoms with Gasteiger partial charge in [-0.1, -0.05) is 36.4 Å². The van der Waals surface area contributed by atoms with Crippen molar-refractivity contribution in [3.63, 3.8) is 0 Å². The molecular weight excluding hydrogens is 526 g/mol. The predicted octanol–water partition coefficient (Wildman–Crippen LogP) is 5.74. The smallest absolute Gasteiger partial charge is 0.414 e. The lowest BCUT2D eigenvalue weighted by atomic mass is 9.74. The van der Waals surface area contributed by atoms with Gasteiger partial charge in [-0.05, 0) is 83.7 Å². The summed E-state index contributed by atoms with van der Waals surface area (Å²) in [6.45, 7) is 13.1. The maximum absolute atomic E-state index is 13.5. The third-order valence-electron chi connectivity index (χ3n) is 8.41. The van der Waals surface area contributed by atoms with Gasteiger partial charge in [0.05, 0.1) is 22.9 Å². The van der Waals surface area contributed by atoms with Crippen LogP contribution in [-0.2, 0) is 14.9 Å². The molecule has 2 amide bonds. The van der Waals surface area contributed by atoms with Crippen molar-refractivity contribution in [1.82, 2.24) is 9.80 Å². The number of carbonyl (C=O) groups is 2. The second-order valence-electron chi connectivity index (χ2n) is 12.8. The molecular formula is C34H47N5O3. The zero-order chi connectivity index (χ0) is 30.3. The number of amides is 2. The molecule has 226 valence electrons. The summed E-state index contributed by atoms with van der Waals surface area (Å²) >= 11 is 0. The second-order valence-corrected chi connectivity index (χ2v) is 12.8. The number of likely N-dealkylation sites (tertiary alicyclic amines) is 1. The number of ether oxygens (including phenoxy) is 1. The summed E-state index contributed by atoms with van der Waals surface area (Å²) in [4.78, 5) is 35.0. The van der Waals surface area contributed by atoms with Gasteiger partial charge >= 0.3 is 6.09 Å². The summed E-state index contributed by atoms with van der Waals surface area (Å²) in [6, 6.07) is 18.8. The molecule has 4 rings (SSSR count). The molecule has 8 heteroatoms. The van der Waals surface area contributed by atoms with E-state index in [1.54, 1.807) is 4.90 Å². The fourth-order valence-electron chi connectivity index (χ4n) is 5.86. The fraction of sp³-hybridized carbons (Fsp3) is 0.559. The molecule has 2 heterocycles. The molecule has 2 aliphatic heterocycles. The molecule has 0 bridgehead atoms. The first kappa shape index (κ1) is 31.4. The third kappa shape index (κ3) is 7.83. The lowest BCUT2D eigenvalue weighted by molar-refractivity contribution is -0.132. The zero-order valence-corrected chi connectivity index (χ0v) is 26.1. The van der Waals surface area contributed by atoms with E-state index < -0.39 is 11.0 Å². The van der Waals surface area contributed by atoms with Gasteiger partial charge in [-0.25, -0.2) is 4.79 Å². The fourth-order valence-corrected chi connectivity index (χ4v) is 5.86. The Bertz CT molecular complexity index is 1250. The second kappa shape index (κ2) is 13.6. The number of hydrogen-bond donors (Lipinski definition) is 0. The van der Waals surface area contributed by atoms with Gasteiger partial charge in [-0.2, -0.15) is 5.26 Å². The zero-order valence-electron chi connectivity index (χ0n) is 26.1. The van der Waals surface area contributed by atoms with Crippen LogP contribution in [0.5, 0.6) is 0 Å². The molecule has 8 nitrogen and oxygen atoms in total. The van der Waals surface area contributed by atoms with Crippen LogP contribution in [0.3, 0.4) is 0 Å². The maximum Gasteiger partial charge on any atom is 0.414 e. The van der Waals surface area contributed by atoms with Gasteiger partial charge < -0.3 is 19.4 Å². The van der Waals surface area contributed by atoms with Gasteiger partial charge in [0.1, 0.15) is 5.60 Å². The lowest BCUT2D eigenvalue weighted by Gasteiger charge is -2.38. The Morgan fingerprint density at radius 1 is 0.976 bits per heavy atom. The monoisotopic (exact) mass is 573 g/mol. The summed E-state index contributed by atoms with van der Waals surface area (Å²) in [6.07, 6.45) is 2.71. The summed E-state index contributed by atoms with van der Waals surface area (Å²) in [5, 5.41) is 9.98. The molecule has 2 aromatic carbocycles. The summed E-state index contributed by atoms with van der Waals surface area (Å²) < 4.78 is 5.85. The van der Waals surface area contributed by atoms with Gasteiger partial charge in [-0.15, -0.1) is 0 Å². The minimum Gasteiger partial charge on any atom is -0.443 e. The molecule has 0 aliphatic carbocycles. The standard InChI is InChI=1S/C34H47N5O3/c1-27-14-15-29(37-23-21-36(5)22-24-37)30(25-27)39(32(41)42-33(2,3)4)18-10-9-13-31(40)38-19-16-34(26-35,17-20-38)28-11-7-6-8-12-28/h6-8,11-12,14-15,25H,9-10,13,16-24H2,1-5H3. The third-order valence-corrected chi connectivity index (χ3v) is 8.41. The Kier molecular flexibility index (Phi) is 10.2. The Balaban J connectivity index is 1.39.